The molecule has 3 N–H and O–H groups in total. The zero-order valence-electron chi connectivity index (χ0n) is 4.23. The molecule has 0 aliphatic heterocycles. The van der Waals surface area contributed by atoms with Crippen molar-refractivity contribution in [2.24, 2.45) is 0 Å². The van der Waals surface area contributed by atoms with E-state index in [0.29, 0.717) is 0 Å². The average Bonchev–Trinajstić information content (AvgIpc) is 0. The maximum absolute atomic E-state index is 0. The van der Waals surface area contributed by atoms with Crippen LogP contribution in [-0.4, -0.2) is 37.7 Å². The molecule has 0 aromatic heterocycles. The molecule has 28 valence electrons. The van der Waals surface area contributed by atoms with Gasteiger partial charge in [-0.15, -0.1) is 29.4 Å². The third kappa shape index (κ3) is 9.01. The van der Waals surface area contributed by atoms with Crippen molar-refractivity contribution in [3.05, 3.63) is 0 Å². The minimum Gasteiger partial charge on any atom is -1.00 e. The molecule has 0 rings (SSSR count). The molecule has 0 radical (unpaired) electrons. The predicted molar refractivity (Wildman–Crippen MR) is 30.6 cm³/mol. The fraction of sp³-hybridized carbons (Fsp3) is 0. The van der Waals surface area contributed by atoms with Crippen LogP contribution in [0.25, 0.3) is 0 Å². The smallest absolute Gasteiger partial charge is 1.00 e. The van der Waals surface area contributed by atoms with Gasteiger partial charge in [0, 0.05) is 0 Å². The molecule has 1 nitrogen and oxygen atoms in total. The standard InChI is InChI=1S/BrH.Ca.ClH.H3N.2H/h1H;;1H;1H3;;/q;+2;;;2*-1. The Bertz CT molecular complexity index is 13.5. The second-order valence-electron chi connectivity index (χ2n) is 0. The Morgan fingerprint density at radius 1 is 1.25 bits per heavy atom. The van der Waals surface area contributed by atoms with Crippen LogP contribution in [0, 0.1) is 0 Å². The van der Waals surface area contributed by atoms with Gasteiger partial charge in [-0.2, -0.15) is 0 Å². The van der Waals surface area contributed by atoms with E-state index < -0.39 is 0 Å². The summed E-state index contributed by atoms with van der Waals surface area (Å²) in [5.74, 6) is 0. The SMILES string of the molecule is Br.Cl.N.[Ca+2].[H-].[H-]. The molecule has 0 saturated carbocycles. The average molecular weight is 176 g/mol. The molecule has 0 saturated heterocycles. The van der Waals surface area contributed by atoms with Crippen LogP contribution < -0.4 is 6.15 Å². The quantitative estimate of drug-likeness (QED) is 0.549. The van der Waals surface area contributed by atoms with Crippen molar-refractivity contribution in [1.82, 2.24) is 6.15 Å². The summed E-state index contributed by atoms with van der Waals surface area (Å²) in [6.07, 6.45) is 0. The first kappa shape index (κ1) is 37.7. The topological polar surface area (TPSA) is 35.0 Å². The Hall–Kier alpha value is 1.99. The molecule has 0 aromatic rings. The molecule has 0 unspecified atom stereocenters. The van der Waals surface area contributed by atoms with Gasteiger partial charge in [0.2, 0.25) is 0 Å². The van der Waals surface area contributed by atoms with Gasteiger partial charge in [-0.1, -0.05) is 0 Å². The Balaban J connectivity index is 0. The van der Waals surface area contributed by atoms with Crippen LogP contribution in [-0.2, 0) is 0 Å². The van der Waals surface area contributed by atoms with Crippen molar-refractivity contribution in [2.75, 3.05) is 0 Å². The van der Waals surface area contributed by atoms with Crippen molar-refractivity contribution in [3.8, 4) is 0 Å². The van der Waals surface area contributed by atoms with Crippen LogP contribution in [0.15, 0.2) is 0 Å². The molecule has 0 spiro atoms. The first-order valence-electron chi connectivity index (χ1n) is 0. The van der Waals surface area contributed by atoms with E-state index in [0.717, 1.165) is 0 Å². The summed E-state index contributed by atoms with van der Waals surface area (Å²) in [7, 11) is 0. The summed E-state index contributed by atoms with van der Waals surface area (Å²) in [4.78, 5) is 0. The predicted octanol–water partition coefficient (Wildman–Crippen LogP) is 1.01. The van der Waals surface area contributed by atoms with E-state index in [9.17, 15) is 0 Å². The Kier molecular flexibility index (Phi) is 189. The summed E-state index contributed by atoms with van der Waals surface area (Å²) >= 11 is 0. The van der Waals surface area contributed by atoms with Gasteiger partial charge in [0.15, 0.2) is 0 Å². The zero-order valence-corrected chi connectivity index (χ0v) is 6.97. The van der Waals surface area contributed by atoms with Gasteiger partial charge in [0.1, 0.15) is 0 Å². The number of halogens is 2. The van der Waals surface area contributed by atoms with Crippen molar-refractivity contribution < 1.29 is 2.85 Å². The molecule has 0 aliphatic rings. The van der Waals surface area contributed by atoms with Gasteiger partial charge in [0.25, 0.3) is 0 Å². The molecule has 4 heavy (non-hydrogen) atoms. The zero-order chi connectivity index (χ0) is 0. The largest absolute Gasteiger partial charge is 2.00 e. The van der Waals surface area contributed by atoms with Crippen molar-refractivity contribution in [2.45, 2.75) is 0 Å². The van der Waals surface area contributed by atoms with Crippen LogP contribution in [0.2, 0.25) is 0 Å². The summed E-state index contributed by atoms with van der Waals surface area (Å²) in [5, 5.41) is 0. The van der Waals surface area contributed by atoms with E-state index in [1.165, 1.54) is 0 Å². The number of hydrogen-bond acceptors (Lipinski definition) is 1. The minimum atomic E-state index is 0. The maximum atomic E-state index is 0. The number of rotatable bonds is 0. The van der Waals surface area contributed by atoms with E-state index in [1.807, 2.05) is 0 Å². The van der Waals surface area contributed by atoms with Gasteiger partial charge in [0.05, 0.1) is 0 Å². The monoisotopic (exact) mass is 175 g/mol. The summed E-state index contributed by atoms with van der Waals surface area (Å²) in [6.45, 7) is 0. The molecule has 4 heteroatoms. The van der Waals surface area contributed by atoms with Crippen molar-refractivity contribution >= 4 is 67.1 Å². The fourth-order valence-electron chi connectivity index (χ4n) is 0. The Morgan fingerprint density at radius 3 is 1.25 bits per heavy atom. The molecule has 0 bridgehead atoms. The van der Waals surface area contributed by atoms with Gasteiger partial charge >= 0.3 is 37.7 Å². The van der Waals surface area contributed by atoms with Gasteiger partial charge in [-0.25, -0.2) is 0 Å². The third-order valence-electron chi connectivity index (χ3n) is 0. The second kappa shape index (κ2) is 20.1. The van der Waals surface area contributed by atoms with E-state index in [-0.39, 0.29) is 76.1 Å². The van der Waals surface area contributed by atoms with Crippen LogP contribution in [0.4, 0.5) is 0 Å². The molecule has 0 amide bonds. The van der Waals surface area contributed by atoms with Crippen molar-refractivity contribution in [1.29, 1.82) is 0 Å². The fourth-order valence-corrected chi connectivity index (χ4v) is 0. The normalized spacial score (nSPS) is 0. The second-order valence-corrected chi connectivity index (χ2v) is 0. The molecular formula is H7BrCaClN. The molecule has 0 atom stereocenters. The van der Waals surface area contributed by atoms with Gasteiger partial charge in [-0.05, 0) is 0 Å². The van der Waals surface area contributed by atoms with E-state index in [1.54, 1.807) is 0 Å². The van der Waals surface area contributed by atoms with Crippen LogP contribution in [0.5, 0.6) is 0 Å². The molecule has 0 heterocycles. The summed E-state index contributed by atoms with van der Waals surface area (Å²) in [6, 6.07) is 0. The molecule has 0 aromatic carbocycles. The molecular weight excluding hydrogens is 169 g/mol. The first-order chi connectivity index (χ1) is 0. The first-order valence-corrected chi connectivity index (χ1v) is 0. The molecule has 0 aliphatic carbocycles. The number of hydrogen-bond donors (Lipinski definition) is 1. The van der Waals surface area contributed by atoms with E-state index in [4.69, 9.17) is 0 Å². The van der Waals surface area contributed by atoms with Gasteiger partial charge in [-0.3, -0.25) is 0 Å². The Morgan fingerprint density at radius 2 is 1.25 bits per heavy atom. The maximum Gasteiger partial charge on any atom is 2.00 e. The Labute approximate surface area is 75.3 Å². The van der Waals surface area contributed by atoms with Gasteiger partial charge < -0.3 is 9.00 Å². The van der Waals surface area contributed by atoms with E-state index in [2.05, 4.69) is 0 Å². The van der Waals surface area contributed by atoms with Crippen LogP contribution in [0.1, 0.15) is 2.85 Å². The minimum absolute atomic E-state index is 0. The summed E-state index contributed by atoms with van der Waals surface area (Å²) in [5.41, 5.74) is 0. The summed E-state index contributed by atoms with van der Waals surface area (Å²) < 4.78 is 0. The molecule has 0 fully saturated rings. The third-order valence-corrected chi connectivity index (χ3v) is 0. The van der Waals surface area contributed by atoms with Crippen molar-refractivity contribution in [3.63, 3.8) is 0 Å². The van der Waals surface area contributed by atoms with E-state index >= 15 is 0 Å². The van der Waals surface area contributed by atoms with Crippen LogP contribution >= 0.6 is 29.4 Å². The van der Waals surface area contributed by atoms with Crippen LogP contribution in [0.3, 0.4) is 0 Å².